The summed E-state index contributed by atoms with van der Waals surface area (Å²) in [5.41, 5.74) is 0.0281. The molecule has 1 aliphatic rings. The lowest BCUT2D eigenvalue weighted by Crippen LogP contribution is -2.34. The molecule has 1 fully saturated rings. The Morgan fingerprint density at radius 2 is 2.26 bits per heavy atom. The third-order valence-electron chi connectivity index (χ3n) is 2.76. The molecule has 0 radical (unpaired) electrons. The molecule has 8 heteroatoms. The van der Waals surface area contributed by atoms with Gasteiger partial charge in [0.1, 0.15) is 5.92 Å². The zero-order chi connectivity index (χ0) is 14.0. The minimum atomic E-state index is -1.20. The van der Waals surface area contributed by atoms with Crippen molar-refractivity contribution in [3.05, 3.63) is 34.4 Å². The molecule has 19 heavy (non-hydrogen) atoms. The average molecular weight is 265 g/mol. The maximum Gasteiger partial charge on any atom is 0.271 e. The van der Waals surface area contributed by atoms with Gasteiger partial charge in [-0.25, -0.2) is 0 Å². The smallest absolute Gasteiger partial charge is 0.271 e. The molecule has 8 nitrogen and oxygen atoms in total. The number of anilines is 1. The number of hydrogen-bond acceptors (Lipinski definition) is 5. The van der Waals surface area contributed by atoms with Crippen molar-refractivity contribution in [2.24, 2.45) is 5.92 Å². The Kier molecular flexibility index (Phi) is 3.43. The molecule has 1 heterocycles. The minimum Gasteiger partial charge on any atom is -0.390 e. The van der Waals surface area contributed by atoms with Gasteiger partial charge < -0.3 is 15.7 Å². The predicted octanol–water partition coefficient (Wildman–Crippen LogP) is -0.360. The Morgan fingerprint density at radius 1 is 1.53 bits per heavy atom. The van der Waals surface area contributed by atoms with Crippen molar-refractivity contribution in [1.29, 1.82) is 0 Å². The molecule has 100 valence electrons. The van der Waals surface area contributed by atoms with Crippen LogP contribution in [0.2, 0.25) is 0 Å². The molecule has 3 N–H and O–H groups in total. The van der Waals surface area contributed by atoms with Crippen molar-refractivity contribution in [3.63, 3.8) is 0 Å². The zero-order valence-corrected chi connectivity index (χ0v) is 9.70. The van der Waals surface area contributed by atoms with Crippen molar-refractivity contribution in [2.75, 3.05) is 11.9 Å². The third kappa shape index (κ3) is 2.68. The number of β-amino-alcohol motifs (C(OH)–C–C–N with tert-alkyl or cyclic N) is 1. The largest absolute Gasteiger partial charge is 0.390 e. The van der Waals surface area contributed by atoms with Crippen LogP contribution in [0.15, 0.2) is 24.3 Å². The fourth-order valence-electron chi connectivity index (χ4n) is 1.82. The van der Waals surface area contributed by atoms with Crippen molar-refractivity contribution in [1.82, 2.24) is 5.32 Å². The lowest BCUT2D eigenvalue weighted by atomic mass is 10.0. The number of nitro benzene ring substituents is 1. The van der Waals surface area contributed by atoms with Crippen LogP contribution in [0, 0.1) is 16.0 Å². The number of rotatable bonds is 3. The second-order valence-corrected chi connectivity index (χ2v) is 4.09. The van der Waals surface area contributed by atoms with E-state index < -0.39 is 28.8 Å². The summed E-state index contributed by atoms with van der Waals surface area (Å²) in [5.74, 6) is -2.45. The number of nitro groups is 1. The topological polar surface area (TPSA) is 122 Å². The fraction of sp³-hybridized carbons (Fsp3) is 0.273. The monoisotopic (exact) mass is 265 g/mol. The first-order valence-corrected chi connectivity index (χ1v) is 5.50. The van der Waals surface area contributed by atoms with Crippen molar-refractivity contribution < 1.29 is 19.6 Å². The van der Waals surface area contributed by atoms with E-state index in [1.165, 1.54) is 24.3 Å². The number of carbonyl (C=O) groups excluding carboxylic acids is 2. The summed E-state index contributed by atoms with van der Waals surface area (Å²) in [6.45, 7) is 0.0197. The van der Waals surface area contributed by atoms with E-state index in [0.717, 1.165) is 0 Å². The summed E-state index contributed by atoms with van der Waals surface area (Å²) in [6, 6.07) is 5.34. The summed E-state index contributed by atoms with van der Waals surface area (Å²) in [6.07, 6.45) is -1.09. The summed E-state index contributed by atoms with van der Waals surface area (Å²) in [5, 5.41) is 24.8. The molecule has 1 saturated heterocycles. The van der Waals surface area contributed by atoms with Gasteiger partial charge in [0.25, 0.3) is 5.69 Å². The van der Waals surface area contributed by atoms with E-state index >= 15 is 0 Å². The zero-order valence-electron chi connectivity index (χ0n) is 9.70. The van der Waals surface area contributed by atoms with Gasteiger partial charge in [-0.05, 0) is 6.07 Å². The van der Waals surface area contributed by atoms with Crippen LogP contribution in [0.4, 0.5) is 11.4 Å². The van der Waals surface area contributed by atoms with Gasteiger partial charge in [-0.3, -0.25) is 19.7 Å². The van der Waals surface area contributed by atoms with Crippen LogP contribution in [0.5, 0.6) is 0 Å². The SMILES string of the molecule is O=C1NCC(O)C1C(=O)Nc1cccc([N+](=O)[O-])c1. The molecule has 0 aromatic heterocycles. The van der Waals surface area contributed by atoms with Gasteiger partial charge in [0.05, 0.1) is 11.0 Å². The molecule has 0 saturated carbocycles. The molecule has 1 aliphatic heterocycles. The van der Waals surface area contributed by atoms with Crippen LogP contribution in [-0.2, 0) is 9.59 Å². The lowest BCUT2D eigenvalue weighted by Gasteiger charge is -2.11. The first kappa shape index (κ1) is 13.0. The van der Waals surface area contributed by atoms with Crippen LogP contribution >= 0.6 is 0 Å². The Hall–Kier alpha value is -2.48. The predicted molar refractivity (Wildman–Crippen MR) is 64.2 cm³/mol. The van der Waals surface area contributed by atoms with Gasteiger partial charge in [-0.2, -0.15) is 0 Å². The molecular weight excluding hydrogens is 254 g/mol. The van der Waals surface area contributed by atoms with E-state index in [9.17, 15) is 24.8 Å². The van der Waals surface area contributed by atoms with Crippen LogP contribution in [0.1, 0.15) is 0 Å². The summed E-state index contributed by atoms with van der Waals surface area (Å²) < 4.78 is 0. The summed E-state index contributed by atoms with van der Waals surface area (Å²) in [7, 11) is 0. The number of nitrogens with zero attached hydrogens (tertiary/aromatic N) is 1. The average Bonchev–Trinajstić information content (AvgIpc) is 2.69. The number of aliphatic hydroxyl groups excluding tert-OH is 1. The number of aliphatic hydroxyl groups is 1. The summed E-state index contributed by atoms with van der Waals surface area (Å²) in [4.78, 5) is 33.2. The van der Waals surface area contributed by atoms with Crippen molar-refractivity contribution in [3.8, 4) is 0 Å². The van der Waals surface area contributed by atoms with E-state index in [4.69, 9.17) is 0 Å². The van der Waals surface area contributed by atoms with Gasteiger partial charge in [0, 0.05) is 24.4 Å². The number of nitrogens with one attached hydrogen (secondary N) is 2. The second-order valence-electron chi connectivity index (χ2n) is 4.09. The highest BCUT2D eigenvalue weighted by molar-refractivity contribution is 6.08. The molecule has 2 amide bonds. The number of amides is 2. The second kappa shape index (κ2) is 5.02. The van der Waals surface area contributed by atoms with E-state index in [-0.39, 0.29) is 17.9 Å². The first-order valence-electron chi connectivity index (χ1n) is 5.50. The molecule has 2 unspecified atom stereocenters. The van der Waals surface area contributed by atoms with Crippen LogP contribution < -0.4 is 10.6 Å². The Labute approximate surface area is 107 Å². The lowest BCUT2D eigenvalue weighted by molar-refractivity contribution is -0.384. The molecule has 1 aromatic rings. The van der Waals surface area contributed by atoms with Crippen molar-refractivity contribution in [2.45, 2.75) is 6.10 Å². The van der Waals surface area contributed by atoms with E-state index in [1.807, 2.05) is 0 Å². The maximum atomic E-state index is 11.8. The number of carbonyl (C=O) groups is 2. The Bertz CT molecular complexity index is 545. The molecule has 1 aromatic carbocycles. The Morgan fingerprint density at radius 3 is 2.84 bits per heavy atom. The molecule has 0 spiro atoms. The van der Waals surface area contributed by atoms with Gasteiger partial charge in [0.15, 0.2) is 0 Å². The van der Waals surface area contributed by atoms with Crippen LogP contribution in [-0.4, -0.2) is 34.5 Å². The van der Waals surface area contributed by atoms with Gasteiger partial charge in [-0.1, -0.05) is 6.07 Å². The quantitative estimate of drug-likeness (QED) is 0.391. The maximum absolute atomic E-state index is 11.8. The minimum absolute atomic E-state index is 0.0197. The summed E-state index contributed by atoms with van der Waals surface area (Å²) >= 11 is 0. The molecule has 0 aliphatic carbocycles. The van der Waals surface area contributed by atoms with Crippen LogP contribution in [0.25, 0.3) is 0 Å². The molecule has 2 rings (SSSR count). The standard InChI is InChI=1S/C11H11N3O5/c15-8-5-12-10(16)9(8)11(17)13-6-2-1-3-7(4-6)14(18)19/h1-4,8-9,15H,5H2,(H,12,16)(H,13,17). The van der Waals surface area contributed by atoms with E-state index in [0.29, 0.717) is 0 Å². The number of hydrogen-bond donors (Lipinski definition) is 3. The number of non-ortho nitro benzene ring substituents is 1. The van der Waals surface area contributed by atoms with Crippen LogP contribution in [0.3, 0.4) is 0 Å². The fourth-order valence-corrected chi connectivity index (χ4v) is 1.82. The first-order chi connectivity index (χ1) is 8.99. The normalized spacial score (nSPS) is 21.8. The van der Waals surface area contributed by atoms with Gasteiger partial charge in [-0.15, -0.1) is 0 Å². The highest BCUT2D eigenvalue weighted by Crippen LogP contribution is 2.19. The highest BCUT2D eigenvalue weighted by atomic mass is 16.6. The molecule has 0 bridgehead atoms. The van der Waals surface area contributed by atoms with Gasteiger partial charge in [0.2, 0.25) is 11.8 Å². The Balaban J connectivity index is 2.13. The number of benzene rings is 1. The van der Waals surface area contributed by atoms with Crippen molar-refractivity contribution >= 4 is 23.2 Å². The third-order valence-corrected chi connectivity index (χ3v) is 2.76. The van der Waals surface area contributed by atoms with E-state index in [1.54, 1.807) is 0 Å². The van der Waals surface area contributed by atoms with Gasteiger partial charge >= 0.3 is 0 Å². The van der Waals surface area contributed by atoms with E-state index in [2.05, 4.69) is 10.6 Å². The highest BCUT2D eigenvalue weighted by Gasteiger charge is 2.39. The molecular formula is C11H11N3O5. The molecule has 2 atom stereocenters.